The predicted octanol–water partition coefficient (Wildman–Crippen LogP) is 2.24. The van der Waals surface area contributed by atoms with Crippen molar-refractivity contribution in [3.63, 3.8) is 0 Å². The lowest BCUT2D eigenvalue weighted by Crippen LogP contribution is -2.52. The summed E-state index contributed by atoms with van der Waals surface area (Å²) in [6.07, 6.45) is 5.01. The number of hydrogen-bond acceptors (Lipinski definition) is 7. The first-order valence-corrected chi connectivity index (χ1v) is 12.7. The highest BCUT2D eigenvalue weighted by Crippen LogP contribution is 2.42. The fourth-order valence-electron chi connectivity index (χ4n) is 5.10. The summed E-state index contributed by atoms with van der Waals surface area (Å²) in [6.45, 7) is 4.19. The Morgan fingerprint density at radius 1 is 1.09 bits per heavy atom. The zero-order valence-electron chi connectivity index (χ0n) is 18.8. The summed E-state index contributed by atoms with van der Waals surface area (Å²) >= 11 is 1.81. The van der Waals surface area contributed by atoms with Crippen molar-refractivity contribution in [2.75, 3.05) is 31.1 Å². The number of piperidine rings is 1. The molecule has 3 fully saturated rings. The van der Waals surface area contributed by atoms with Crippen LogP contribution in [0.15, 0.2) is 18.3 Å². The van der Waals surface area contributed by atoms with Gasteiger partial charge >= 0.3 is 0 Å². The Morgan fingerprint density at radius 3 is 2.62 bits per heavy atom. The Kier molecular flexibility index (Phi) is 5.37. The van der Waals surface area contributed by atoms with Crippen LogP contribution in [0.5, 0.6) is 0 Å². The smallest absolute Gasteiger partial charge is 0.255 e. The summed E-state index contributed by atoms with van der Waals surface area (Å²) in [7, 11) is 0. The van der Waals surface area contributed by atoms with Crippen LogP contribution < -0.4 is 10.2 Å². The van der Waals surface area contributed by atoms with Crippen molar-refractivity contribution < 1.29 is 18.8 Å². The number of benzene rings is 1. The van der Waals surface area contributed by atoms with E-state index in [0.717, 1.165) is 25.2 Å². The Morgan fingerprint density at radius 2 is 1.88 bits per heavy atom. The van der Waals surface area contributed by atoms with Gasteiger partial charge in [-0.05, 0) is 37.0 Å². The lowest BCUT2D eigenvalue weighted by atomic mass is 10.0. The summed E-state index contributed by atoms with van der Waals surface area (Å²) in [4.78, 5) is 48.3. The second kappa shape index (κ2) is 8.42. The first-order chi connectivity index (χ1) is 16.5. The second-order valence-electron chi connectivity index (χ2n) is 9.56. The van der Waals surface area contributed by atoms with E-state index in [0.29, 0.717) is 36.7 Å². The number of piperazine rings is 1. The van der Waals surface area contributed by atoms with Gasteiger partial charge in [0.05, 0.1) is 10.7 Å². The molecule has 1 aromatic heterocycles. The predicted molar refractivity (Wildman–Crippen MR) is 124 cm³/mol. The van der Waals surface area contributed by atoms with Crippen LogP contribution in [-0.2, 0) is 22.7 Å². The molecule has 34 heavy (non-hydrogen) atoms. The summed E-state index contributed by atoms with van der Waals surface area (Å²) in [5.41, 5.74) is 1.54. The van der Waals surface area contributed by atoms with E-state index < -0.39 is 17.8 Å². The summed E-state index contributed by atoms with van der Waals surface area (Å²) in [6, 6.07) is 2.37. The number of nitrogens with one attached hydrogen (secondary N) is 1. The van der Waals surface area contributed by atoms with Gasteiger partial charge in [-0.15, -0.1) is 11.3 Å². The van der Waals surface area contributed by atoms with Crippen molar-refractivity contribution in [2.24, 2.45) is 0 Å². The van der Waals surface area contributed by atoms with Crippen LogP contribution in [0.1, 0.15) is 57.4 Å². The number of fused-ring (bicyclic) bond motifs is 1. The van der Waals surface area contributed by atoms with E-state index in [2.05, 4.69) is 15.2 Å². The molecule has 1 aliphatic carbocycles. The van der Waals surface area contributed by atoms with Crippen LogP contribution >= 0.6 is 11.3 Å². The third-order valence-electron chi connectivity index (χ3n) is 7.18. The number of hydrogen-bond donors (Lipinski definition) is 1. The molecular formula is C24H26FN5O3S. The number of rotatable bonds is 5. The minimum absolute atomic E-state index is 0.198. The molecule has 0 spiro atoms. The third-order valence-corrected chi connectivity index (χ3v) is 8.33. The van der Waals surface area contributed by atoms with Gasteiger partial charge in [-0.2, -0.15) is 0 Å². The molecule has 2 saturated heterocycles. The maximum Gasteiger partial charge on any atom is 0.255 e. The van der Waals surface area contributed by atoms with E-state index in [4.69, 9.17) is 0 Å². The molecule has 3 amide bonds. The number of amides is 3. The summed E-state index contributed by atoms with van der Waals surface area (Å²) in [5.74, 6) is -0.871. The number of thiazole rings is 1. The van der Waals surface area contributed by atoms with E-state index in [9.17, 15) is 14.4 Å². The fourth-order valence-corrected chi connectivity index (χ4v) is 6.23. The first kappa shape index (κ1) is 21.7. The Labute approximate surface area is 200 Å². The van der Waals surface area contributed by atoms with Crippen molar-refractivity contribution in [1.29, 1.82) is 0 Å². The van der Waals surface area contributed by atoms with Crippen LogP contribution in [-0.4, -0.2) is 64.7 Å². The molecule has 1 N–H and O–H groups in total. The molecule has 3 aliphatic heterocycles. The minimum Gasteiger partial charge on any atom is -0.367 e. The van der Waals surface area contributed by atoms with Gasteiger partial charge in [0.2, 0.25) is 11.8 Å². The molecule has 4 heterocycles. The Bertz CT molecular complexity index is 1170. The van der Waals surface area contributed by atoms with Crippen molar-refractivity contribution in [1.82, 2.24) is 20.1 Å². The number of imide groups is 1. The Hall–Kier alpha value is -2.85. The van der Waals surface area contributed by atoms with E-state index in [1.807, 2.05) is 22.4 Å². The molecule has 4 aliphatic rings. The number of carbonyl (C=O) groups is 3. The monoisotopic (exact) mass is 483 g/mol. The summed E-state index contributed by atoms with van der Waals surface area (Å²) in [5, 5.41) is 3.56. The average Bonchev–Trinajstić information content (AvgIpc) is 3.49. The zero-order valence-corrected chi connectivity index (χ0v) is 19.6. The average molecular weight is 484 g/mol. The quantitative estimate of drug-likeness (QED) is 0.657. The van der Waals surface area contributed by atoms with Crippen LogP contribution in [0.4, 0.5) is 10.1 Å². The van der Waals surface area contributed by atoms with Gasteiger partial charge in [0.1, 0.15) is 11.9 Å². The normalized spacial score (nSPS) is 23.4. The van der Waals surface area contributed by atoms with Gasteiger partial charge in [-0.25, -0.2) is 9.37 Å². The highest BCUT2D eigenvalue weighted by Gasteiger charge is 2.40. The maximum absolute atomic E-state index is 15.1. The van der Waals surface area contributed by atoms with Gasteiger partial charge in [-0.3, -0.25) is 24.6 Å². The molecule has 0 radical (unpaired) electrons. The molecule has 0 bridgehead atoms. The lowest BCUT2D eigenvalue weighted by molar-refractivity contribution is -0.136. The number of anilines is 1. The molecule has 1 unspecified atom stereocenters. The fraction of sp³-hybridized carbons (Fsp3) is 0.500. The molecule has 178 valence electrons. The highest BCUT2D eigenvalue weighted by molar-refractivity contribution is 7.11. The maximum atomic E-state index is 15.1. The number of aromatic nitrogens is 1. The number of halogens is 1. The third kappa shape index (κ3) is 3.98. The molecule has 10 heteroatoms. The van der Waals surface area contributed by atoms with Crippen molar-refractivity contribution in [3.05, 3.63) is 45.2 Å². The molecule has 2 aromatic rings. The van der Waals surface area contributed by atoms with Gasteiger partial charge in [0.15, 0.2) is 0 Å². The van der Waals surface area contributed by atoms with E-state index in [-0.39, 0.29) is 24.8 Å². The molecule has 8 nitrogen and oxygen atoms in total. The van der Waals surface area contributed by atoms with Gasteiger partial charge < -0.3 is 9.80 Å². The molecule has 1 atom stereocenters. The van der Waals surface area contributed by atoms with Crippen molar-refractivity contribution >= 4 is 34.7 Å². The van der Waals surface area contributed by atoms with Crippen LogP contribution in [0, 0.1) is 5.82 Å². The lowest BCUT2D eigenvalue weighted by Gasteiger charge is -2.36. The van der Waals surface area contributed by atoms with Crippen molar-refractivity contribution in [2.45, 2.75) is 50.7 Å². The van der Waals surface area contributed by atoms with E-state index >= 15 is 4.39 Å². The van der Waals surface area contributed by atoms with Crippen LogP contribution in [0.2, 0.25) is 0 Å². The molecular weight excluding hydrogens is 457 g/mol. The topological polar surface area (TPSA) is 85.9 Å². The van der Waals surface area contributed by atoms with E-state index in [1.165, 1.54) is 33.7 Å². The molecule has 1 aromatic carbocycles. The van der Waals surface area contributed by atoms with Crippen LogP contribution in [0.3, 0.4) is 0 Å². The minimum atomic E-state index is -0.695. The van der Waals surface area contributed by atoms with Crippen molar-refractivity contribution in [3.8, 4) is 0 Å². The first-order valence-electron chi connectivity index (χ1n) is 11.9. The number of nitrogens with zero attached hydrogens (tertiary/aromatic N) is 4. The second-order valence-corrected chi connectivity index (χ2v) is 10.7. The zero-order chi connectivity index (χ0) is 23.4. The molecule has 1 saturated carbocycles. The number of carbonyl (C=O) groups excluding carboxylic acids is 3. The largest absolute Gasteiger partial charge is 0.367 e. The SMILES string of the molecule is O=C1CCC(N2Cc3cc(N4CCN(Cc5cnc(C6CC6)s5)CC4)c(F)cc3C2=O)C(=O)N1. The van der Waals surface area contributed by atoms with Gasteiger partial charge in [0.25, 0.3) is 5.91 Å². The summed E-state index contributed by atoms with van der Waals surface area (Å²) < 4.78 is 15.1. The highest BCUT2D eigenvalue weighted by atomic mass is 32.1. The van der Waals surface area contributed by atoms with Crippen LogP contribution in [0.25, 0.3) is 0 Å². The van der Waals surface area contributed by atoms with E-state index in [1.54, 1.807) is 6.07 Å². The van der Waals surface area contributed by atoms with Gasteiger partial charge in [-0.1, -0.05) is 0 Å². The standard InChI is InChI=1S/C24H26FN5O3S/c25-18-10-17-15(12-30(24(17)33)19-3-4-21(31)27-22(19)32)9-20(18)29-7-5-28(6-8-29)13-16-11-26-23(34-16)14-1-2-14/h9-11,14,19H,1-8,12-13H2,(H,27,31,32). The van der Waals surface area contributed by atoms with Gasteiger partial charge in [0, 0.05) is 68.2 Å². The Balaban J connectivity index is 1.11. The molecule has 6 rings (SSSR count).